The molecule has 0 atom stereocenters. The van der Waals surface area contributed by atoms with Gasteiger partial charge < -0.3 is 15.3 Å². The van der Waals surface area contributed by atoms with Crippen molar-refractivity contribution in [2.75, 3.05) is 11.1 Å². The van der Waals surface area contributed by atoms with Gasteiger partial charge in [0.1, 0.15) is 0 Å². The van der Waals surface area contributed by atoms with Crippen molar-refractivity contribution in [1.29, 1.82) is 0 Å². The summed E-state index contributed by atoms with van der Waals surface area (Å²) in [4.78, 5) is 34.1. The van der Waals surface area contributed by atoms with Crippen LogP contribution in [-0.4, -0.2) is 31.2 Å². The average molecular weight is 430 g/mol. The Kier molecular flexibility index (Phi) is 4.83. The number of anilines is 1. The number of nitrogens with one attached hydrogen (secondary N) is 3. The maximum absolute atomic E-state index is 12.6. The Morgan fingerprint density at radius 2 is 1.87 bits per heavy atom. The molecule has 0 aliphatic heterocycles. The maximum atomic E-state index is 12.6. The summed E-state index contributed by atoms with van der Waals surface area (Å²) in [7, 11) is 0. The number of carbonyl (C=O) groups excluding carboxylic acids is 1. The largest absolute Gasteiger partial charge is 0.325 e. The van der Waals surface area contributed by atoms with E-state index in [2.05, 4.69) is 38.9 Å². The molecule has 154 valence electrons. The number of thioether (sulfide) groups is 1. The van der Waals surface area contributed by atoms with Crippen LogP contribution in [0.1, 0.15) is 5.56 Å². The van der Waals surface area contributed by atoms with Crippen molar-refractivity contribution in [3.63, 3.8) is 0 Å². The topological polar surface area (TPSA) is 95.6 Å². The van der Waals surface area contributed by atoms with E-state index in [1.54, 1.807) is 18.2 Å². The molecule has 0 aliphatic carbocycles. The molecule has 0 saturated heterocycles. The Morgan fingerprint density at radius 3 is 2.74 bits per heavy atom. The van der Waals surface area contributed by atoms with Gasteiger partial charge in [0.05, 0.1) is 27.8 Å². The van der Waals surface area contributed by atoms with E-state index >= 15 is 0 Å². The van der Waals surface area contributed by atoms with E-state index in [0.717, 1.165) is 27.4 Å². The fraction of sp³-hybridized carbons (Fsp3) is 0.0870. The summed E-state index contributed by atoms with van der Waals surface area (Å²) in [6.07, 6.45) is 0. The number of fused-ring (bicyclic) bond motifs is 2. The number of amides is 1. The first-order valence-corrected chi connectivity index (χ1v) is 10.7. The van der Waals surface area contributed by atoms with Gasteiger partial charge in [-0.1, -0.05) is 36.0 Å². The number of rotatable bonds is 5. The van der Waals surface area contributed by atoms with Crippen LogP contribution in [0, 0.1) is 6.92 Å². The summed E-state index contributed by atoms with van der Waals surface area (Å²) >= 11 is 1.38. The number of hydrogen-bond acceptors (Lipinski definition) is 4. The van der Waals surface area contributed by atoms with Gasteiger partial charge in [-0.2, -0.15) is 0 Å². The number of aromatic nitrogens is 4. The average Bonchev–Trinajstić information content (AvgIpc) is 3.31. The normalized spacial score (nSPS) is 11.3. The van der Waals surface area contributed by atoms with Gasteiger partial charge in [-0.3, -0.25) is 9.36 Å². The highest BCUT2D eigenvalue weighted by Gasteiger charge is 2.15. The zero-order valence-electron chi connectivity index (χ0n) is 16.7. The number of benzene rings is 3. The number of carbonyl (C=O) groups is 1. The monoisotopic (exact) mass is 429 g/mol. The number of aryl methyl sites for hydroxylation is 1. The molecule has 1 amide bonds. The summed E-state index contributed by atoms with van der Waals surface area (Å²) in [5.41, 5.74) is 5.75. The van der Waals surface area contributed by atoms with Crippen LogP contribution in [0.4, 0.5) is 5.69 Å². The van der Waals surface area contributed by atoms with Crippen molar-refractivity contribution in [3.05, 3.63) is 82.8 Å². The van der Waals surface area contributed by atoms with Crippen molar-refractivity contribution in [2.45, 2.75) is 12.1 Å². The molecule has 0 bridgehead atoms. The first kappa shape index (κ1) is 19.2. The van der Waals surface area contributed by atoms with E-state index in [9.17, 15) is 9.59 Å². The zero-order chi connectivity index (χ0) is 21.4. The van der Waals surface area contributed by atoms with Gasteiger partial charge in [-0.15, -0.1) is 0 Å². The number of imidazole rings is 2. The van der Waals surface area contributed by atoms with Crippen LogP contribution < -0.4 is 11.0 Å². The van der Waals surface area contributed by atoms with Gasteiger partial charge >= 0.3 is 5.69 Å². The van der Waals surface area contributed by atoms with Crippen molar-refractivity contribution >= 4 is 45.4 Å². The number of aromatic amines is 2. The summed E-state index contributed by atoms with van der Waals surface area (Å²) < 4.78 is 2.08. The van der Waals surface area contributed by atoms with Crippen LogP contribution in [0.25, 0.3) is 27.8 Å². The third kappa shape index (κ3) is 3.85. The van der Waals surface area contributed by atoms with Crippen LogP contribution in [0.5, 0.6) is 0 Å². The fourth-order valence-corrected chi connectivity index (χ4v) is 4.38. The fourth-order valence-electron chi connectivity index (χ4n) is 3.55. The molecule has 8 heteroatoms. The molecule has 5 rings (SSSR count). The third-order valence-corrected chi connectivity index (χ3v) is 5.86. The Labute approximate surface area is 181 Å². The number of hydrogen-bond donors (Lipinski definition) is 3. The third-order valence-electron chi connectivity index (χ3n) is 4.92. The lowest BCUT2D eigenvalue weighted by atomic mass is 10.2. The van der Waals surface area contributed by atoms with Crippen LogP contribution in [-0.2, 0) is 4.79 Å². The molecule has 3 aromatic carbocycles. The number of para-hydroxylation sites is 2. The van der Waals surface area contributed by atoms with E-state index in [0.29, 0.717) is 16.7 Å². The smallest absolute Gasteiger partial charge is 0.323 e. The van der Waals surface area contributed by atoms with E-state index in [1.807, 2.05) is 36.4 Å². The molecule has 0 spiro atoms. The van der Waals surface area contributed by atoms with Gasteiger partial charge in [0.2, 0.25) is 5.91 Å². The second-order valence-electron chi connectivity index (χ2n) is 7.23. The highest BCUT2D eigenvalue weighted by molar-refractivity contribution is 7.99. The molecule has 0 saturated carbocycles. The predicted molar refractivity (Wildman–Crippen MR) is 124 cm³/mol. The molecule has 2 aromatic heterocycles. The van der Waals surface area contributed by atoms with Gasteiger partial charge in [0, 0.05) is 11.4 Å². The SMILES string of the molecule is Cc1cccc(-n2c(SCC(=O)Nc3ccc4[nH]c(=O)[nH]c4c3)nc3ccccc32)c1. The highest BCUT2D eigenvalue weighted by Crippen LogP contribution is 2.28. The van der Waals surface area contributed by atoms with E-state index in [-0.39, 0.29) is 17.3 Å². The van der Waals surface area contributed by atoms with Crippen molar-refractivity contribution in [3.8, 4) is 5.69 Å². The molecule has 3 N–H and O–H groups in total. The Balaban J connectivity index is 1.39. The van der Waals surface area contributed by atoms with Crippen LogP contribution in [0.2, 0.25) is 0 Å². The van der Waals surface area contributed by atoms with Crippen molar-refractivity contribution in [2.24, 2.45) is 0 Å². The highest BCUT2D eigenvalue weighted by atomic mass is 32.2. The first-order chi connectivity index (χ1) is 15.1. The Bertz CT molecular complexity index is 1480. The second-order valence-corrected chi connectivity index (χ2v) is 8.18. The molecule has 0 aliphatic rings. The lowest BCUT2D eigenvalue weighted by Gasteiger charge is -2.10. The second kappa shape index (κ2) is 7.81. The molecule has 2 heterocycles. The Hall–Kier alpha value is -3.78. The van der Waals surface area contributed by atoms with Gasteiger partial charge in [-0.25, -0.2) is 9.78 Å². The van der Waals surface area contributed by atoms with Gasteiger partial charge in [-0.05, 0) is 55.0 Å². The molecular weight excluding hydrogens is 410 g/mol. The standard InChI is InChI=1S/C23H19N5O2S/c1-14-5-4-6-16(11-14)28-20-8-3-2-7-18(20)27-23(28)31-13-21(29)24-15-9-10-17-19(12-15)26-22(30)25-17/h2-12H,13H2,1H3,(H,24,29)(H2,25,26,30). The van der Waals surface area contributed by atoms with Gasteiger partial charge in [0.15, 0.2) is 5.16 Å². The van der Waals surface area contributed by atoms with E-state index in [1.165, 1.54) is 11.8 Å². The lowest BCUT2D eigenvalue weighted by molar-refractivity contribution is -0.113. The molecule has 0 unspecified atom stereocenters. The molecule has 7 nitrogen and oxygen atoms in total. The minimum atomic E-state index is -0.274. The molecule has 0 radical (unpaired) electrons. The molecular formula is C23H19N5O2S. The lowest BCUT2D eigenvalue weighted by Crippen LogP contribution is -2.14. The van der Waals surface area contributed by atoms with E-state index < -0.39 is 0 Å². The van der Waals surface area contributed by atoms with Crippen LogP contribution >= 0.6 is 11.8 Å². The van der Waals surface area contributed by atoms with Crippen molar-refractivity contribution in [1.82, 2.24) is 19.5 Å². The summed E-state index contributed by atoms with van der Waals surface area (Å²) in [5.74, 6) is 0.0571. The number of H-pyrrole nitrogens is 2. The zero-order valence-corrected chi connectivity index (χ0v) is 17.5. The first-order valence-electron chi connectivity index (χ1n) is 9.76. The minimum absolute atomic E-state index is 0.148. The number of nitrogens with zero attached hydrogens (tertiary/aromatic N) is 2. The maximum Gasteiger partial charge on any atom is 0.323 e. The van der Waals surface area contributed by atoms with Crippen LogP contribution in [0.15, 0.2) is 76.7 Å². The van der Waals surface area contributed by atoms with Crippen LogP contribution in [0.3, 0.4) is 0 Å². The quantitative estimate of drug-likeness (QED) is 0.364. The van der Waals surface area contributed by atoms with Gasteiger partial charge in [0.25, 0.3) is 0 Å². The van der Waals surface area contributed by atoms with E-state index in [4.69, 9.17) is 4.98 Å². The summed E-state index contributed by atoms with van der Waals surface area (Å²) in [6, 6.07) is 21.4. The van der Waals surface area contributed by atoms with Crippen molar-refractivity contribution < 1.29 is 4.79 Å². The predicted octanol–water partition coefficient (Wildman–Crippen LogP) is 4.23. The molecule has 31 heavy (non-hydrogen) atoms. The molecule has 0 fully saturated rings. The minimum Gasteiger partial charge on any atom is -0.325 e. The molecule has 5 aromatic rings. The summed E-state index contributed by atoms with van der Waals surface area (Å²) in [6.45, 7) is 2.05. The summed E-state index contributed by atoms with van der Waals surface area (Å²) in [5, 5.41) is 3.64. The Morgan fingerprint density at radius 1 is 1.03 bits per heavy atom.